The highest BCUT2D eigenvalue weighted by Gasteiger charge is 2.32. The Hall–Kier alpha value is -2.38. The monoisotopic (exact) mass is 412 g/mol. The van der Waals surface area contributed by atoms with Crippen LogP contribution in [0.5, 0.6) is 0 Å². The van der Waals surface area contributed by atoms with Crippen molar-refractivity contribution >= 4 is 11.7 Å². The SMILES string of the molecule is CC(C)(C)N1CCC(CNC(=O)c2c(N3CCOCC3)noc2-c2ccccc2)C1. The number of nitrogens with zero attached hydrogens (tertiary/aromatic N) is 3. The summed E-state index contributed by atoms with van der Waals surface area (Å²) >= 11 is 0. The van der Waals surface area contributed by atoms with Gasteiger partial charge in [0.25, 0.3) is 5.91 Å². The van der Waals surface area contributed by atoms with Crippen LogP contribution in [0.4, 0.5) is 5.82 Å². The van der Waals surface area contributed by atoms with Gasteiger partial charge in [0.1, 0.15) is 5.56 Å². The average molecular weight is 413 g/mol. The molecule has 4 rings (SSSR count). The van der Waals surface area contributed by atoms with Crippen molar-refractivity contribution in [3.63, 3.8) is 0 Å². The van der Waals surface area contributed by atoms with Crippen LogP contribution >= 0.6 is 0 Å². The van der Waals surface area contributed by atoms with Crippen molar-refractivity contribution in [2.75, 3.05) is 50.8 Å². The number of rotatable bonds is 5. The van der Waals surface area contributed by atoms with Crippen LogP contribution in [-0.4, -0.2) is 67.4 Å². The molecule has 30 heavy (non-hydrogen) atoms. The molecule has 7 nitrogen and oxygen atoms in total. The highest BCUT2D eigenvalue weighted by atomic mass is 16.5. The molecule has 0 aliphatic carbocycles. The Morgan fingerprint density at radius 2 is 1.90 bits per heavy atom. The minimum absolute atomic E-state index is 0.120. The fourth-order valence-electron chi connectivity index (χ4n) is 4.20. The van der Waals surface area contributed by atoms with E-state index < -0.39 is 0 Å². The lowest BCUT2D eigenvalue weighted by atomic mass is 10.1. The molecule has 7 heteroatoms. The van der Waals surface area contributed by atoms with Gasteiger partial charge < -0.3 is 19.5 Å². The quantitative estimate of drug-likeness (QED) is 0.814. The van der Waals surface area contributed by atoms with Crippen LogP contribution in [0.3, 0.4) is 0 Å². The molecule has 1 unspecified atom stereocenters. The largest absolute Gasteiger partial charge is 0.378 e. The molecule has 0 saturated carbocycles. The Balaban J connectivity index is 1.52. The van der Waals surface area contributed by atoms with Gasteiger partial charge in [-0.2, -0.15) is 0 Å². The number of nitrogens with one attached hydrogen (secondary N) is 1. The number of anilines is 1. The van der Waals surface area contributed by atoms with Gasteiger partial charge in [0.2, 0.25) is 0 Å². The van der Waals surface area contributed by atoms with Crippen LogP contribution < -0.4 is 10.2 Å². The van der Waals surface area contributed by atoms with Crippen molar-refractivity contribution in [3.8, 4) is 11.3 Å². The first kappa shape index (κ1) is 20.9. The fourth-order valence-corrected chi connectivity index (χ4v) is 4.20. The molecule has 1 aromatic heterocycles. The highest BCUT2D eigenvalue weighted by Crippen LogP contribution is 2.32. The number of carbonyl (C=O) groups is 1. The Morgan fingerprint density at radius 1 is 1.17 bits per heavy atom. The zero-order chi connectivity index (χ0) is 21.1. The lowest BCUT2D eigenvalue weighted by Crippen LogP contribution is -2.40. The Kier molecular flexibility index (Phi) is 6.11. The van der Waals surface area contributed by atoms with Crippen molar-refractivity contribution in [2.45, 2.75) is 32.7 Å². The third-order valence-corrected chi connectivity index (χ3v) is 6.03. The van der Waals surface area contributed by atoms with E-state index in [2.05, 4.69) is 41.0 Å². The lowest BCUT2D eigenvalue weighted by Gasteiger charge is -2.31. The predicted octanol–water partition coefficient (Wildman–Crippen LogP) is 3.03. The van der Waals surface area contributed by atoms with Gasteiger partial charge in [-0.25, -0.2) is 0 Å². The second kappa shape index (κ2) is 8.78. The minimum atomic E-state index is -0.120. The number of ether oxygens (including phenoxy) is 1. The molecular weight excluding hydrogens is 380 g/mol. The summed E-state index contributed by atoms with van der Waals surface area (Å²) in [7, 11) is 0. The lowest BCUT2D eigenvalue weighted by molar-refractivity contribution is 0.0945. The molecule has 2 aromatic rings. The summed E-state index contributed by atoms with van der Waals surface area (Å²) in [5, 5.41) is 7.45. The normalized spacial score (nSPS) is 20.5. The molecule has 0 bridgehead atoms. The number of likely N-dealkylation sites (tertiary alicyclic amines) is 1. The van der Waals surface area contributed by atoms with Crippen molar-refractivity contribution in [2.24, 2.45) is 5.92 Å². The van der Waals surface area contributed by atoms with Gasteiger partial charge >= 0.3 is 0 Å². The number of carbonyl (C=O) groups excluding carboxylic acids is 1. The third-order valence-electron chi connectivity index (χ3n) is 6.03. The first-order valence-corrected chi connectivity index (χ1v) is 10.8. The van der Waals surface area contributed by atoms with E-state index in [-0.39, 0.29) is 11.4 Å². The van der Waals surface area contributed by atoms with E-state index >= 15 is 0 Å². The number of morpholine rings is 1. The smallest absolute Gasteiger partial charge is 0.259 e. The average Bonchev–Trinajstić information content (AvgIpc) is 3.41. The molecule has 0 spiro atoms. The maximum absolute atomic E-state index is 13.3. The first-order chi connectivity index (χ1) is 14.4. The van der Waals surface area contributed by atoms with E-state index in [1.807, 2.05) is 30.3 Å². The molecule has 1 atom stereocenters. The second-order valence-corrected chi connectivity index (χ2v) is 9.16. The van der Waals surface area contributed by atoms with Gasteiger partial charge in [-0.3, -0.25) is 9.69 Å². The molecule has 2 aliphatic heterocycles. The van der Waals surface area contributed by atoms with E-state index in [1.54, 1.807) is 0 Å². The summed E-state index contributed by atoms with van der Waals surface area (Å²) in [6.45, 7) is 12.1. The highest BCUT2D eigenvalue weighted by molar-refractivity contribution is 6.04. The van der Waals surface area contributed by atoms with Crippen molar-refractivity contribution in [1.82, 2.24) is 15.4 Å². The van der Waals surface area contributed by atoms with Crippen LogP contribution in [0.2, 0.25) is 0 Å². The zero-order valence-corrected chi connectivity index (χ0v) is 18.2. The molecule has 1 amide bonds. The van der Waals surface area contributed by atoms with Crippen molar-refractivity contribution < 1.29 is 14.1 Å². The van der Waals surface area contributed by atoms with Gasteiger partial charge in [0.15, 0.2) is 11.6 Å². The number of amides is 1. The predicted molar refractivity (Wildman–Crippen MR) is 117 cm³/mol. The van der Waals surface area contributed by atoms with Crippen molar-refractivity contribution in [1.29, 1.82) is 0 Å². The summed E-state index contributed by atoms with van der Waals surface area (Å²) in [5.74, 6) is 1.47. The molecule has 2 aliphatic rings. The number of aromatic nitrogens is 1. The molecule has 1 N–H and O–H groups in total. The number of hydrogen-bond donors (Lipinski definition) is 1. The maximum atomic E-state index is 13.3. The summed E-state index contributed by atoms with van der Waals surface area (Å²) in [4.78, 5) is 17.9. The van der Waals surface area contributed by atoms with Crippen LogP contribution in [-0.2, 0) is 4.74 Å². The maximum Gasteiger partial charge on any atom is 0.259 e. The van der Waals surface area contributed by atoms with E-state index in [1.165, 1.54) is 0 Å². The molecule has 1 aromatic carbocycles. The molecule has 3 heterocycles. The number of benzene rings is 1. The van der Waals surface area contributed by atoms with E-state index in [4.69, 9.17) is 9.26 Å². The van der Waals surface area contributed by atoms with Gasteiger partial charge in [0, 0.05) is 37.3 Å². The van der Waals surface area contributed by atoms with E-state index in [9.17, 15) is 4.79 Å². The third kappa shape index (κ3) is 4.52. The van der Waals surface area contributed by atoms with Gasteiger partial charge in [-0.05, 0) is 39.7 Å². The topological polar surface area (TPSA) is 70.8 Å². The minimum Gasteiger partial charge on any atom is -0.378 e. The van der Waals surface area contributed by atoms with Crippen LogP contribution in [0.1, 0.15) is 37.6 Å². The Bertz CT molecular complexity index is 853. The summed E-state index contributed by atoms with van der Waals surface area (Å²) < 4.78 is 11.1. The van der Waals surface area contributed by atoms with Crippen LogP contribution in [0.15, 0.2) is 34.9 Å². The molecule has 2 saturated heterocycles. The van der Waals surface area contributed by atoms with Crippen LogP contribution in [0.25, 0.3) is 11.3 Å². The molecule has 2 fully saturated rings. The van der Waals surface area contributed by atoms with E-state index in [0.717, 1.165) is 25.1 Å². The van der Waals surface area contributed by atoms with Gasteiger partial charge in [0.05, 0.1) is 13.2 Å². The molecule has 0 radical (unpaired) electrons. The van der Waals surface area contributed by atoms with Crippen LogP contribution in [0, 0.1) is 5.92 Å². The summed E-state index contributed by atoms with van der Waals surface area (Å²) in [6.07, 6.45) is 1.10. The molecule has 162 valence electrons. The Labute approximate surface area is 178 Å². The van der Waals surface area contributed by atoms with Gasteiger partial charge in [-0.1, -0.05) is 35.5 Å². The van der Waals surface area contributed by atoms with Crippen molar-refractivity contribution in [3.05, 3.63) is 35.9 Å². The van der Waals surface area contributed by atoms with E-state index in [0.29, 0.717) is 55.9 Å². The number of hydrogen-bond acceptors (Lipinski definition) is 6. The Morgan fingerprint density at radius 3 is 2.57 bits per heavy atom. The van der Waals surface area contributed by atoms with Gasteiger partial charge in [-0.15, -0.1) is 0 Å². The second-order valence-electron chi connectivity index (χ2n) is 9.16. The standard InChI is InChI=1S/C23H32N4O3/c1-23(2,3)27-10-9-17(16-27)15-24-22(28)19-20(18-7-5-4-6-8-18)30-25-21(19)26-11-13-29-14-12-26/h4-8,17H,9-16H2,1-3H3,(H,24,28). The summed E-state index contributed by atoms with van der Waals surface area (Å²) in [6, 6.07) is 9.71. The summed E-state index contributed by atoms with van der Waals surface area (Å²) in [5.41, 5.74) is 1.54. The first-order valence-electron chi connectivity index (χ1n) is 10.8. The molecular formula is C23H32N4O3. The fraction of sp³-hybridized carbons (Fsp3) is 0.565. The zero-order valence-electron chi connectivity index (χ0n) is 18.2.